The predicted octanol–water partition coefficient (Wildman–Crippen LogP) is 0.557. The van der Waals surface area contributed by atoms with E-state index in [2.05, 4.69) is 0 Å². The Labute approximate surface area is 106 Å². The van der Waals surface area contributed by atoms with Crippen LogP contribution in [0.2, 0.25) is 0 Å². The minimum absolute atomic E-state index is 0. The van der Waals surface area contributed by atoms with Crippen molar-refractivity contribution in [1.29, 1.82) is 0 Å². The summed E-state index contributed by atoms with van der Waals surface area (Å²) in [5, 5.41) is 0. The van der Waals surface area contributed by atoms with Crippen LogP contribution in [-0.2, 0) is 10.1 Å². The Morgan fingerprint density at radius 1 is 0.941 bits per heavy atom. The van der Waals surface area contributed by atoms with E-state index in [9.17, 15) is 34.0 Å². The van der Waals surface area contributed by atoms with Crippen molar-refractivity contribution in [2.45, 2.75) is 4.90 Å². The first-order chi connectivity index (χ1) is 6.84. The van der Waals surface area contributed by atoms with Crippen LogP contribution in [0.5, 0.6) is 0 Å². The molecule has 94 valence electrons. The van der Waals surface area contributed by atoms with E-state index in [0.29, 0.717) is 0 Å². The van der Waals surface area contributed by atoms with Crippen molar-refractivity contribution in [3.05, 3.63) is 30.3 Å². The van der Waals surface area contributed by atoms with Gasteiger partial charge in [-0.1, -0.05) is 18.2 Å². The third kappa shape index (κ3) is 15.8. The van der Waals surface area contributed by atoms with E-state index < -0.39 is 18.3 Å². The predicted molar refractivity (Wildman–Crippen MR) is 46.9 cm³/mol. The molecule has 0 unspecified atom stereocenters. The van der Waals surface area contributed by atoms with Crippen LogP contribution >= 0.6 is 8.16 Å². The van der Waals surface area contributed by atoms with Gasteiger partial charge in [0.2, 0.25) is 0 Å². The Morgan fingerprint density at radius 3 is 1.41 bits per heavy atom. The standard InChI is InChI=1S/C6H6O3S.F5P.Li/c7-10(8,9)6-4-2-1-3-5-6;1-6(2,3,4)5;/h1-5H,(H,7,8,9);;/q;;+1/p-1. The van der Waals surface area contributed by atoms with Gasteiger partial charge in [0.1, 0.15) is 10.1 Å². The van der Waals surface area contributed by atoms with Crippen LogP contribution in [0, 0.1) is 0 Å². The van der Waals surface area contributed by atoms with Crippen molar-refractivity contribution in [3.8, 4) is 0 Å². The molecule has 0 aliphatic rings. The Morgan fingerprint density at radius 2 is 1.24 bits per heavy atom. The molecule has 0 atom stereocenters. The molecular weight excluding hydrogens is 285 g/mol. The fourth-order valence-corrected chi connectivity index (χ4v) is 1.08. The van der Waals surface area contributed by atoms with Crippen molar-refractivity contribution in [2.24, 2.45) is 0 Å². The van der Waals surface area contributed by atoms with E-state index >= 15 is 0 Å². The second-order valence-corrected chi connectivity index (χ2v) is 5.06. The van der Waals surface area contributed by atoms with E-state index in [0.717, 1.165) is 0 Å². The number of rotatable bonds is 1. The van der Waals surface area contributed by atoms with Crippen LogP contribution in [-0.4, -0.2) is 13.0 Å². The quantitative estimate of drug-likeness (QED) is 0.328. The molecule has 0 aliphatic carbocycles. The maximum atomic E-state index is 10.3. The van der Waals surface area contributed by atoms with Gasteiger partial charge in [-0.3, -0.25) is 0 Å². The van der Waals surface area contributed by atoms with Crippen LogP contribution in [0.1, 0.15) is 0 Å². The third-order valence-corrected chi connectivity index (χ3v) is 1.88. The second-order valence-electron chi connectivity index (χ2n) is 2.41. The summed E-state index contributed by atoms with van der Waals surface area (Å²) in [5.74, 6) is 0. The first-order valence-electron chi connectivity index (χ1n) is 3.46. The molecule has 1 rings (SSSR count). The summed E-state index contributed by atoms with van der Waals surface area (Å²) in [6, 6.07) is 7.19. The maximum absolute atomic E-state index is 10.3. The molecule has 1 aromatic rings. The molecule has 0 N–H and O–H groups in total. The molecule has 0 saturated carbocycles. The van der Waals surface area contributed by atoms with Crippen molar-refractivity contribution < 1.29 is 52.8 Å². The number of halogens is 5. The van der Waals surface area contributed by atoms with Gasteiger partial charge in [-0.05, 0) is 12.1 Å². The molecule has 0 radical (unpaired) electrons. The molecule has 11 heteroatoms. The molecule has 0 heterocycles. The fraction of sp³-hybridized carbons (Fsp3) is 0. The number of benzene rings is 1. The molecule has 0 bridgehead atoms. The summed E-state index contributed by atoms with van der Waals surface area (Å²) < 4.78 is 80.0. The van der Waals surface area contributed by atoms with E-state index in [1.807, 2.05) is 0 Å². The minimum Gasteiger partial charge on any atom is -0.744 e. The SMILES string of the molecule is FP(F)(F)(F)F.O=S(=O)([O-])c1ccccc1.[Li+]. The first-order valence-corrected chi connectivity index (χ1v) is 6.56. The molecule has 3 nitrogen and oxygen atoms in total. The Bertz CT molecular complexity index is 427. The van der Waals surface area contributed by atoms with E-state index in [1.54, 1.807) is 6.07 Å². The first kappa shape index (κ1) is 19.2. The number of hydrogen-bond donors (Lipinski definition) is 0. The second kappa shape index (κ2) is 6.11. The van der Waals surface area contributed by atoms with Gasteiger partial charge in [0.15, 0.2) is 0 Å². The van der Waals surface area contributed by atoms with Gasteiger partial charge < -0.3 is 4.55 Å². The van der Waals surface area contributed by atoms with Crippen molar-refractivity contribution >= 4 is 18.3 Å². The van der Waals surface area contributed by atoms with Crippen LogP contribution in [0.15, 0.2) is 35.2 Å². The summed E-state index contributed by atoms with van der Waals surface area (Å²) in [7, 11) is -12.8. The molecule has 17 heavy (non-hydrogen) atoms. The van der Waals surface area contributed by atoms with Gasteiger partial charge in [-0.15, -0.1) is 0 Å². The van der Waals surface area contributed by atoms with Gasteiger partial charge in [-0.25, -0.2) is 8.42 Å². The smallest absolute Gasteiger partial charge is 0.744 e. The summed E-state index contributed by atoms with van der Waals surface area (Å²) >= 11 is 0. The third-order valence-electron chi connectivity index (χ3n) is 1.03. The minimum atomic E-state index is -8.55. The van der Waals surface area contributed by atoms with Gasteiger partial charge in [-0.2, -0.15) is 0 Å². The molecule has 0 fully saturated rings. The summed E-state index contributed by atoms with van der Waals surface area (Å²) in [6.45, 7) is 0. The van der Waals surface area contributed by atoms with Crippen molar-refractivity contribution in [3.63, 3.8) is 0 Å². The van der Waals surface area contributed by atoms with E-state index in [1.165, 1.54) is 24.3 Å². The van der Waals surface area contributed by atoms with Gasteiger partial charge in [0.25, 0.3) is 0 Å². The van der Waals surface area contributed by atoms with Crippen LogP contribution in [0.3, 0.4) is 0 Å². The number of hydrogen-bond acceptors (Lipinski definition) is 3. The molecule has 0 saturated heterocycles. The largest absolute Gasteiger partial charge is 1.00 e. The Kier molecular flexibility index (Phi) is 6.89. The summed E-state index contributed by atoms with van der Waals surface area (Å²) in [6.07, 6.45) is 0. The van der Waals surface area contributed by atoms with Crippen LogP contribution in [0.25, 0.3) is 0 Å². The van der Waals surface area contributed by atoms with Gasteiger partial charge in [0.05, 0.1) is 4.90 Å². The average Bonchev–Trinajstić information content (AvgIpc) is 1.99. The Balaban J connectivity index is 0. The van der Waals surface area contributed by atoms with Crippen LogP contribution < -0.4 is 18.9 Å². The molecule has 0 aliphatic heterocycles. The zero-order valence-corrected chi connectivity index (χ0v) is 10.1. The molecular formula is C6H5F5LiO3PS. The monoisotopic (exact) mass is 290 g/mol. The van der Waals surface area contributed by atoms with E-state index in [4.69, 9.17) is 0 Å². The van der Waals surface area contributed by atoms with Crippen molar-refractivity contribution in [1.82, 2.24) is 0 Å². The molecule has 1 aromatic carbocycles. The van der Waals surface area contributed by atoms with Crippen LogP contribution in [0.4, 0.5) is 21.0 Å². The molecule has 0 amide bonds. The summed E-state index contributed by atoms with van der Waals surface area (Å²) in [4.78, 5) is -0.185. The van der Waals surface area contributed by atoms with E-state index in [-0.39, 0.29) is 23.8 Å². The fourth-order valence-electron chi connectivity index (χ4n) is 0.587. The molecule has 0 spiro atoms. The Hall–Kier alpha value is -0.193. The zero-order valence-electron chi connectivity index (χ0n) is 8.36. The van der Waals surface area contributed by atoms with Gasteiger partial charge >= 0.3 is 48.0 Å². The van der Waals surface area contributed by atoms with Crippen molar-refractivity contribution in [2.75, 3.05) is 0 Å². The topological polar surface area (TPSA) is 57.2 Å². The molecule has 0 aromatic heterocycles. The average molecular weight is 290 g/mol. The zero-order chi connectivity index (χ0) is 13.1. The van der Waals surface area contributed by atoms with Gasteiger partial charge in [0, 0.05) is 0 Å². The summed E-state index contributed by atoms with van der Waals surface area (Å²) in [5.41, 5.74) is 0. The maximum Gasteiger partial charge on any atom is 1.00 e. The normalized spacial score (nSPS) is 13.4.